The van der Waals surface area contributed by atoms with Crippen LogP contribution < -0.4 is 0 Å². The van der Waals surface area contributed by atoms with Gasteiger partial charge in [-0.25, -0.2) is 8.78 Å². The van der Waals surface area contributed by atoms with Gasteiger partial charge < -0.3 is 0 Å². The number of hydrogen-bond donors (Lipinski definition) is 0. The number of benzene rings is 1. The summed E-state index contributed by atoms with van der Waals surface area (Å²) in [6.07, 6.45) is -1.94. The zero-order valence-corrected chi connectivity index (χ0v) is 8.13. The molecule has 0 aromatic heterocycles. The number of aldehydes is 1. The van der Waals surface area contributed by atoms with Gasteiger partial charge in [-0.3, -0.25) is 4.79 Å². The fourth-order valence-corrected chi connectivity index (χ4v) is 1.38. The lowest BCUT2D eigenvalue weighted by atomic mass is 9.96. The molecule has 0 spiro atoms. The largest absolute Gasteiger partial charge is 0.298 e. The van der Waals surface area contributed by atoms with Crippen LogP contribution in [0.3, 0.4) is 0 Å². The van der Waals surface area contributed by atoms with E-state index < -0.39 is 6.43 Å². The van der Waals surface area contributed by atoms with Gasteiger partial charge in [0.2, 0.25) is 0 Å². The molecule has 76 valence electrons. The minimum Gasteiger partial charge on any atom is -0.298 e. The quantitative estimate of drug-likeness (QED) is 0.678. The van der Waals surface area contributed by atoms with E-state index in [1.54, 1.807) is 12.1 Å². The lowest BCUT2D eigenvalue weighted by Crippen LogP contribution is -1.98. The average molecular weight is 198 g/mol. The van der Waals surface area contributed by atoms with E-state index in [2.05, 4.69) is 0 Å². The summed E-state index contributed by atoms with van der Waals surface area (Å²) < 4.78 is 25.2. The van der Waals surface area contributed by atoms with E-state index in [-0.39, 0.29) is 11.5 Å². The maximum absolute atomic E-state index is 12.6. The van der Waals surface area contributed by atoms with Crippen LogP contribution in [0.1, 0.15) is 47.7 Å². The first-order chi connectivity index (χ1) is 6.56. The van der Waals surface area contributed by atoms with Crippen LogP contribution in [0.2, 0.25) is 0 Å². The third-order valence-electron chi connectivity index (χ3n) is 2.10. The van der Waals surface area contributed by atoms with E-state index in [0.717, 1.165) is 0 Å². The molecule has 1 rings (SSSR count). The number of alkyl halides is 2. The highest BCUT2D eigenvalue weighted by molar-refractivity contribution is 5.75. The Bertz CT molecular complexity index is 332. The van der Waals surface area contributed by atoms with E-state index in [0.29, 0.717) is 17.4 Å². The van der Waals surface area contributed by atoms with Crippen LogP contribution >= 0.6 is 0 Å². The van der Waals surface area contributed by atoms with Gasteiger partial charge in [-0.05, 0) is 17.5 Å². The molecule has 0 aliphatic carbocycles. The minimum absolute atomic E-state index is 0.0374. The highest BCUT2D eigenvalue weighted by Crippen LogP contribution is 2.28. The van der Waals surface area contributed by atoms with Crippen molar-refractivity contribution in [3.63, 3.8) is 0 Å². The molecule has 0 atom stereocenters. The molecule has 0 saturated heterocycles. The summed E-state index contributed by atoms with van der Waals surface area (Å²) in [6, 6.07) is 4.41. The highest BCUT2D eigenvalue weighted by atomic mass is 19.3. The van der Waals surface area contributed by atoms with Crippen molar-refractivity contribution in [3.8, 4) is 0 Å². The molecule has 0 heterocycles. The SMILES string of the molecule is CC(C)c1ccc(C=O)cc1C(F)F. The van der Waals surface area contributed by atoms with Gasteiger partial charge in [-0.1, -0.05) is 26.0 Å². The minimum atomic E-state index is -2.52. The third kappa shape index (κ3) is 2.16. The summed E-state index contributed by atoms with van der Waals surface area (Å²) in [4.78, 5) is 10.4. The van der Waals surface area contributed by atoms with E-state index in [4.69, 9.17) is 0 Å². The second-order valence-corrected chi connectivity index (χ2v) is 3.46. The maximum Gasteiger partial charge on any atom is 0.264 e. The molecule has 0 unspecified atom stereocenters. The second-order valence-electron chi connectivity index (χ2n) is 3.46. The van der Waals surface area contributed by atoms with Crippen molar-refractivity contribution in [2.75, 3.05) is 0 Å². The molecule has 0 radical (unpaired) electrons. The van der Waals surface area contributed by atoms with E-state index >= 15 is 0 Å². The zero-order chi connectivity index (χ0) is 10.7. The summed E-state index contributed by atoms with van der Waals surface area (Å²) in [7, 11) is 0. The van der Waals surface area contributed by atoms with Gasteiger partial charge in [0.05, 0.1) is 0 Å². The van der Waals surface area contributed by atoms with Crippen molar-refractivity contribution < 1.29 is 13.6 Å². The third-order valence-corrected chi connectivity index (χ3v) is 2.10. The fraction of sp³-hybridized carbons (Fsp3) is 0.364. The molecule has 0 aliphatic rings. The van der Waals surface area contributed by atoms with Gasteiger partial charge in [0.25, 0.3) is 6.43 Å². The zero-order valence-electron chi connectivity index (χ0n) is 8.13. The summed E-state index contributed by atoms with van der Waals surface area (Å²) in [5.74, 6) is 0.0414. The first-order valence-corrected chi connectivity index (χ1v) is 4.43. The first-order valence-electron chi connectivity index (χ1n) is 4.43. The molecule has 0 saturated carbocycles. The maximum atomic E-state index is 12.6. The van der Waals surface area contributed by atoms with Crippen LogP contribution in [0.5, 0.6) is 0 Å². The van der Waals surface area contributed by atoms with Gasteiger partial charge in [-0.15, -0.1) is 0 Å². The molecule has 1 aromatic carbocycles. The van der Waals surface area contributed by atoms with E-state index in [9.17, 15) is 13.6 Å². The first kappa shape index (κ1) is 10.8. The van der Waals surface area contributed by atoms with Crippen molar-refractivity contribution in [2.45, 2.75) is 26.2 Å². The van der Waals surface area contributed by atoms with Gasteiger partial charge in [0, 0.05) is 11.1 Å². The Labute approximate surface area is 81.7 Å². The molecule has 14 heavy (non-hydrogen) atoms. The smallest absolute Gasteiger partial charge is 0.264 e. The van der Waals surface area contributed by atoms with Crippen molar-refractivity contribution in [1.82, 2.24) is 0 Å². The van der Waals surface area contributed by atoms with Crippen LogP contribution in [0.25, 0.3) is 0 Å². The Hall–Kier alpha value is -1.25. The van der Waals surface area contributed by atoms with Gasteiger partial charge in [-0.2, -0.15) is 0 Å². The lowest BCUT2D eigenvalue weighted by molar-refractivity contribution is 0.112. The standard InChI is InChI=1S/C11H12F2O/c1-7(2)9-4-3-8(6-14)5-10(9)11(12)13/h3-7,11H,1-2H3. The highest BCUT2D eigenvalue weighted by Gasteiger charge is 2.15. The van der Waals surface area contributed by atoms with Crippen molar-refractivity contribution in [2.24, 2.45) is 0 Å². The van der Waals surface area contributed by atoms with Gasteiger partial charge >= 0.3 is 0 Å². The summed E-state index contributed by atoms with van der Waals surface area (Å²) in [5.41, 5.74) is 0.861. The summed E-state index contributed by atoms with van der Waals surface area (Å²) in [6.45, 7) is 3.70. The predicted molar refractivity (Wildman–Crippen MR) is 50.9 cm³/mol. The Morgan fingerprint density at radius 2 is 1.86 bits per heavy atom. The van der Waals surface area contributed by atoms with Crippen LogP contribution in [-0.2, 0) is 0 Å². The van der Waals surface area contributed by atoms with Crippen molar-refractivity contribution in [1.29, 1.82) is 0 Å². The average Bonchev–Trinajstić information content (AvgIpc) is 2.16. The number of carbonyl (C=O) groups is 1. The summed E-state index contributed by atoms with van der Waals surface area (Å²) >= 11 is 0. The van der Waals surface area contributed by atoms with E-state index in [1.807, 2.05) is 13.8 Å². The Morgan fingerprint density at radius 1 is 1.21 bits per heavy atom. The normalized spacial score (nSPS) is 11.0. The Kier molecular flexibility index (Phi) is 3.33. The fourth-order valence-electron chi connectivity index (χ4n) is 1.38. The van der Waals surface area contributed by atoms with Gasteiger partial charge in [0.15, 0.2) is 0 Å². The van der Waals surface area contributed by atoms with Crippen LogP contribution in [-0.4, -0.2) is 6.29 Å². The predicted octanol–water partition coefficient (Wildman–Crippen LogP) is 3.56. The van der Waals surface area contributed by atoms with Crippen molar-refractivity contribution in [3.05, 3.63) is 34.9 Å². The summed E-state index contributed by atoms with van der Waals surface area (Å²) in [5, 5.41) is 0. The van der Waals surface area contributed by atoms with Gasteiger partial charge in [0.1, 0.15) is 6.29 Å². The Morgan fingerprint density at radius 3 is 2.29 bits per heavy atom. The molecular formula is C11H12F2O. The number of halogens is 2. The molecule has 0 N–H and O–H groups in total. The van der Waals surface area contributed by atoms with Crippen LogP contribution in [0.4, 0.5) is 8.78 Å². The topological polar surface area (TPSA) is 17.1 Å². The van der Waals surface area contributed by atoms with Crippen molar-refractivity contribution >= 4 is 6.29 Å². The van der Waals surface area contributed by atoms with Crippen LogP contribution in [0, 0.1) is 0 Å². The number of carbonyl (C=O) groups excluding carboxylic acids is 1. The second kappa shape index (κ2) is 4.31. The molecule has 0 bridgehead atoms. The molecule has 1 nitrogen and oxygen atoms in total. The molecule has 1 aromatic rings. The van der Waals surface area contributed by atoms with E-state index in [1.165, 1.54) is 6.07 Å². The molecule has 3 heteroatoms. The molecule has 0 amide bonds. The molecular weight excluding hydrogens is 186 g/mol. The van der Waals surface area contributed by atoms with Crippen LogP contribution in [0.15, 0.2) is 18.2 Å². The number of hydrogen-bond acceptors (Lipinski definition) is 1. The lowest BCUT2D eigenvalue weighted by Gasteiger charge is -2.12. The molecule has 0 fully saturated rings. The number of rotatable bonds is 3. The Balaban J connectivity index is 3.23. The monoisotopic (exact) mass is 198 g/mol. The molecule has 0 aliphatic heterocycles.